The number of fused-ring (bicyclic) bond motifs is 2. The molecular formula is C24H26N4O3. The normalized spacial score (nSPS) is 14.8. The maximum atomic E-state index is 13.3. The minimum absolute atomic E-state index is 0.355. The van der Waals surface area contributed by atoms with Gasteiger partial charge in [0.15, 0.2) is 6.10 Å². The minimum Gasteiger partial charge on any atom is -0.449 e. The van der Waals surface area contributed by atoms with Crippen molar-refractivity contribution < 1.29 is 14.3 Å². The van der Waals surface area contributed by atoms with Gasteiger partial charge in [-0.15, -0.1) is 0 Å². The molecule has 0 saturated heterocycles. The van der Waals surface area contributed by atoms with Crippen LogP contribution in [0.5, 0.6) is 0 Å². The molecule has 0 aliphatic carbocycles. The van der Waals surface area contributed by atoms with Crippen LogP contribution >= 0.6 is 0 Å². The molecule has 0 fully saturated rings. The average molecular weight is 418 g/mol. The first kappa shape index (κ1) is 20.9. The molecule has 2 aromatic heterocycles. The van der Waals surface area contributed by atoms with Crippen LogP contribution in [0.2, 0.25) is 0 Å². The fraction of sp³-hybridized carbons (Fsp3) is 0.333. The molecule has 1 N–H and O–H groups in total. The Balaban J connectivity index is 1.64. The van der Waals surface area contributed by atoms with E-state index in [1.807, 2.05) is 24.3 Å². The molecule has 1 amide bonds. The summed E-state index contributed by atoms with van der Waals surface area (Å²) in [4.78, 5) is 36.9. The quantitative estimate of drug-likeness (QED) is 0.638. The number of aromatic nitrogens is 2. The lowest BCUT2D eigenvalue weighted by atomic mass is 9.95. The molecule has 1 atom stereocenters. The van der Waals surface area contributed by atoms with E-state index >= 15 is 0 Å². The van der Waals surface area contributed by atoms with Gasteiger partial charge in [0.25, 0.3) is 5.91 Å². The first-order valence-corrected chi connectivity index (χ1v) is 10.5. The fourth-order valence-electron chi connectivity index (χ4n) is 3.84. The second kappa shape index (κ2) is 8.81. The van der Waals surface area contributed by atoms with Crippen LogP contribution in [-0.2, 0) is 22.5 Å². The number of benzene rings is 1. The van der Waals surface area contributed by atoms with Crippen molar-refractivity contribution in [3.8, 4) is 0 Å². The molecule has 0 spiro atoms. The number of rotatable bonds is 5. The van der Waals surface area contributed by atoms with Gasteiger partial charge in [-0.2, -0.15) is 0 Å². The number of carbonyl (C=O) groups excluding carboxylic acids is 2. The Morgan fingerprint density at radius 2 is 1.84 bits per heavy atom. The number of carbonyl (C=O) groups is 2. The van der Waals surface area contributed by atoms with Crippen LogP contribution in [0.15, 0.2) is 48.8 Å². The van der Waals surface area contributed by atoms with E-state index in [1.165, 1.54) is 0 Å². The van der Waals surface area contributed by atoms with Gasteiger partial charge >= 0.3 is 5.97 Å². The van der Waals surface area contributed by atoms with Gasteiger partial charge < -0.3 is 10.1 Å². The molecular weight excluding hydrogens is 392 g/mol. The van der Waals surface area contributed by atoms with E-state index in [0.29, 0.717) is 23.8 Å². The zero-order valence-electron chi connectivity index (χ0n) is 18.0. The molecule has 7 nitrogen and oxygen atoms in total. The number of hydrogen-bond acceptors (Lipinski definition) is 6. The first-order valence-electron chi connectivity index (χ1n) is 10.5. The molecule has 0 saturated carbocycles. The molecule has 7 heteroatoms. The number of amides is 1. The van der Waals surface area contributed by atoms with E-state index in [4.69, 9.17) is 9.72 Å². The number of pyridine rings is 2. The van der Waals surface area contributed by atoms with Crippen molar-refractivity contribution in [2.45, 2.75) is 45.9 Å². The number of anilines is 1. The van der Waals surface area contributed by atoms with Crippen LogP contribution in [0.4, 0.5) is 5.69 Å². The van der Waals surface area contributed by atoms with Gasteiger partial charge in [-0.05, 0) is 39.0 Å². The van der Waals surface area contributed by atoms with Crippen molar-refractivity contribution in [2.24, 2.45) is 0 Å². The predicted molar refractivity (Wildman–Crippen MR) is 119 cm³/mol. The molecule has 1 aliphatic heterocycles. The summed E-state index contributed by atoms with van der Waals surface area (Å²) in [5.74, 6) is -0.895. The Morgan fingerprint density at radius 1 is 1.10 bits per heavy atom. The summed E-state index contributed by atoms with van der Waals surface area (Å²) in [5, 5.41) is 3.49. The molecule has 0 radical (unpaired) electrons. The topological polar surface area (TPSA) is 84.4 Å². The van der Waals surface area contributed by atoms with Crippen molar-refractivity contribution in [2.75, 3.05) is 11.9 Å². The van der Waals surface area contributed by atoms with Gasteiger partial charge in [0.05, 0.1) is 11.1 Å². The first-order chi connectivity index (χ1) is 14.9. The third-order valence-corrected chi connectivity index (χ3v) is 5.61. The van der Waals surface area contributed by atoms with Gasteiger partial charge in [-0.25, -0.2) is 4.79 Å². The van der Waals surface area contributed by atoms with E-state index in [-0.39, 0.29) is 0 Å². The van der Waals surface area contributed by atoms with Crippen LogP contribution in [-0.4, -0.2) is 45.4 Å². The Hall–Kier alpha value is -3.32. The predicted octanol–water partition coefficient (Wildman–Crippen LogP) is 3.58. The van der Waals surface area contributed by atoms with Crippen LogP contribution in [0.3, 0.4) is 0 Å². The highest BCUT2D eigenvalue weighted by Crippen LogP contribution is 2.29. The maximum absolute atomic E-state index is 13.3. The number of ether oxygens (including phenoxy) is 1. The minimum atomic E-state index is -0.951. The monoisotopic (exact) mass is 418 g/mol. The second-order valence-corrected chi connectivity index (χ2v) is 8.02. The van der Waals surface area contributed by atoms with E-state index in [9.17, 15) is 9.59 Å². The van der Waals surface area contributed by atoms with Crippen LogP contribution in [0.25, 0.3) is 10.9 Å². The summed E-state index contributed by atoms with van der Waals surface area (Å²) in [7, 11) is 0. The fourth-order valence-corrected chi connectivity index (χ4v) is 3.84. The summed E-state index contributed by atoms with van der Waals surface area (Å²) in [6.07, 6.45) is 2.99. The Kier molecular flexibility index (Phi) is 5.95. The summed E-state index contributed by atoms with van der Waals surface area (Å²) in [6.45, 7) is 7.39. The second-order valence-electron chi connectivity index (χ2n) is 8.02. The van der Waals surface area contributed by atoms with Crippen molar-refractivity contribution >= 4 is 28.5 Å². The number of hydrogen-bond donors (Lipinski definition) is 1. The maximum Gasteiger partial charge on any atom is 0.339 e. The molecule has 3 aromatic rings. The molecule has 3 heterocycles. The standard InChI is InChI=1S/C24H26N4O3/c1-15(2)28-13-10-21-19(14-28)22(18-6-4-5-7-20(18)27-21)24(30)31-16(3)23(29)26-17-8-11-25-12-9-17/h4-9,11-12,15-16H,10,13-14H2,1-3H3,(H,25,26,29). The van der Waals surface area contributed by atoms with Crippen LogP contribution < -0.4 is 5.32 Å². The summed E-state index contributed by atoms with van der Waals surface area (Å²) in [6, 6.07) is 11.3. The number of nitrogens with one attached hydrogen (secondary N) is 1. The zero-order valence-corrected chi connectivity index (χ0v) is 18.0. The van der Waals surface area contributed by atoms with E-state index in [0.717, 1.165) is 35.1 Å². The van der Waals surface area contributed by atoms with Gasteiger partial charge in [-0.1, -0.05) is 18.2 Å². The third kappa shape index (κ3) is 4.41. The lowest BCUT2D eigenvalue weighted by Gasteiger charge is -2.32. The molecule has 1 aromatic carbocycles. The Morgan fingerprint density at radius 3 is 2.58 bits per heavy atom. The Labute approximate surface area is 181 Å². The largest absolute Gasteiger partial charge is 0.449 e. The highest BCUT2D eigenvalue weighted by molar-refractivity contribution is 6.06. The lowest BCUT2D eigenvalue weighted by Crippen LogP contribution is -2.37. The smallest absolute Gasteiger partial charge is 0.339 e. The molecule has 0 bridgehead atoms. The van der Waals surface area contributed by atoms with Crippen molar-refractivity contribution in [1.29, 1.82) is 0 Å². The molecule has 1 aliphatic rings. The van der Waals surface area contributed by atoms with Gasteiger partial charge in [0, 0.05) is 60.3 Å². The van der Waals surface area contributed by atoms with Gasteiger partial charge in [0.2, 0.25) is 0 Å². The van der Waals surface area contributed by atoms with Crippen LogP contribution in [0.1, 0.15) is 42.4 Å². The SMILES string of the molecule is CC(OC(=O)c1c2c(nc3ccccc13)CCN(C(C)C)C2)C(=O)Nc1ccncc1. The van der Waals surface area contributed by atoms with Crippen molar-refractivity contribution in [3.05, 3.63) is 65.6 Å². The van der Waals surface area contributed by atoms with Gasteiger partial charge in [-0.3, -0.25) is 19.7 Å². The molecule has 31 heavy (non-hydrogen) atoms. The summed E-state index contributed by atoms with van der Waals surface area (Å²) < 4.78 is 5.63. The molecule has 1 unspecified atom stereocenters. The molecule has 4 rings (SSSR count). The average Bonchev–Trinajstić information content (AvgIpc) is 2.77. The van der Waals surface area contributed by atoms with E-state index in [2.05, 4.69) is 29.0 Å². The number of para-hydroxylation sites is 1. The molecule has 160 valence electrons. The number of nitrogens with zero attached hydrogens (tertiary/aromatic N) is 3. The number of esters is 1. The third-order valence-electron chi connectivity index (χ3n) is 5.61. The van der Waals surface area contributed by atoms with E-state index < -0.39 is 18.0 Å². The zero-order chi connectivity index (χ0) is 22.0. The lowest BCUT2D eigenvalue weighted by molar-refractivity contribution is -0.123. The van der Waals surface area contributed by atoms with Gasteiger partial charge in [0.1, 0.15) is 0 Å². The highest BCUT2D eigenvalue weighted by atomic mass is 16.5. The van der Waals surface area contributed by atoms with Crippen LogP contribution in [0, 0.1) is 0 Å². The summed E-state index contributed by atoms with van der Waals surface area (Å²) >= 11 is 0. The summed E-state index contributed by atoms with van der Waals surface area (Å²) in [5.41, 5.74) is 3.69. The van der Waals surface area contributed by atoms with E-state index in [1.54, 1.807) is 31.5 Å². The highest BCUT2D eigenvalue weighted by Gasteiger charge is 2.29. The van der Waals surface area contributed by atoms with Crippen molar-refractivity contribution in [1.82, 2.24) is 14.9 Å². The Bertz CT molecular complexity index is 1110. The van der Waals surface area contributed by atoms with Crippen molar-refractivity contribution in [3.63, 3.8) is 0 Å².